The van der Waals surface area contributed by atoms with Crippen molar-refractivity contribution in [3.05, 3.63) is 0 Å². The molecule has 0 aromatic carbocycles. The second-order valence-corrected chi connectivity index (χ2v) is 5.75. The van der Waals surface area contributed by atoms with E-state index < -0.39 is 16.6 Å². The summed E-state index contributed by atoms with van der Waals surface area (Å²) in [6.07, 6.45) is 5.20. The number of thioether (sulfide) groups is 2. The van der Waals surface area contributed by atoms with Crippen molar-refractivity contribution in [1.29, 1.82) is 5.26 Å². The van der Waals surface area contributed by atoms with Crippen LogP contribution in [0.3, 0.4) is 0 Å². The van der Waals surface area contributed by atoms with Gasteiger partial charge < -0.3 is 5.11 Å². The molecular weight excluding hydrogens is 230 g/mol. The summed E-state index contributed by atoms with van der Waals surface area (Å²) >= 11 is 3.16. The third-order valence-corrected chi connectivity index (χ3v) is 5.27. The second-order valence-electron chi connectivity index (χ2n) is 3.22. The lowest BCUT2D eigenvalue weighted by molar-refractivity contribution is -0.137. The first-order chi connectivity index (χ1) is 7.14. The van der Waals surface area contributed by atoms with Gasteiger partial charge in [0.15, 0.2) is 0 Å². The highest BCUT2D eigenvalue weighted by atomic mass is 32.2. The van der Waals surface area contributed by atoms with Gasteiger partial charge >= 0.3 is 5.97 Å². The average Bonchev–Trinajstić information content (AvgIpc) is 2.26. The first kappa shape index (κ1) is 12.3. The van der Waals surface area contributed by atoms with Crippen molar-refractivity contribution < 1.29 is 9.90 Å². The molecule has 0 radical (unpaired) electrons. The lowest BCUT2D eigenvalue weighted by Crippen LogP contribution is -2.39. The van der Waals surface area contributed by atoms with Crippen molar-refractivity contribution in [1.82, 2.24) is 0 Å². The molecule has 0 saturated carbocycles. The molecule has 1 heterocycles. The smallest absolute Gasteiger partial charge is 0.304 e. The maximum atomic E-state index is 10.6. The quantitative estimate of drug-likeness (QED) is 0.758. The van der Waals surface area contributed by atoms with Crippen molar-refractivity contribution in [3.8, 4) is 18.4 Å². The lowest BCUT2D eigenvalue weighted by Gasteiger charge is -2.33. The predicted molar refractivity (Wildman–Crippen MR) is 62.7 cm³/mol. The summed E-state index contributed by atoms with van der Waals surface area (Å²) in [4.78, 5) is 10.6. The molecule has 3 nitrogen and oxygen atoms in total. The van der Waals surface area contributed by atoms with E-state index in [1.807, 2.05) is 0 Å². The van der Waals surface area contributed by atoms with Gasteiger partial charge in [0.1, 0.15) is 4.75 Å². The zero-order valence-electron chi connectivity index (χ0n) is 8.10. The number of carboxylic acid groups (broad SMARTS) is 1. The molecule has 1 N–H and O–H groups in total. The van der Waals surface area contributed by atoms with E-state index in [9.17, 15) is 10.1 Å². The van der Waals surface area contributed by atoms with Crippen LogP contribution in [0.2, 0.25) is 0 Å². The summed E-state index contributed by atoms with van der Waals surface area (Å²) in [5, 5.41) is 17.9. The molecule has 0 aliphatic carbocycles. The molecule has 1 rings (SSSR count). The molecular formula is C10H11NO2S2. The maximum absolute atomic E-state index is 10.6. The third-order valence-electron chi connectivity index (χ3n) is 2.24. The molecule has 1 fully saturated rings. The van der Waals surface area contributed by atoms with Crippen LogP contribution in [-0.2, 0) is 4.79 Å². The van der Waals surface area contributed by atoms with Crippen LogP contribution in [0.1, 0.15) is 6.42 Å². The minimum Gasteiger partial charge on any atom is -0.481 e. The zero-order valence-corrected chi connectivity index (χ0v) is 9.74. The van der Waals surface area contributed by atoms with Crippen LogP contribution in [0.5, 0.6) is 0 Å². The Morgan fingerprint density at radius 1 is 1.67 bits per heavy atom. The van der Waals surface area contributed by atoms with E-state index in [4.69, 9.17) is 11.5 Å². The number of rotatable bonds is 3. The Morgan fingerprint density at radius 2 is 2.40 bits per heavy atom. The number of aliphatic carboxylic acids is 1. The van der Waals surface area contributed by atoms with E-state index in [0.29, 0.717) is 5.75 Å². The minimum absolute atomic E-state index is 0.127. The number of hydrogen-bond donors (Lipinski definition) is 1. The van der Waals surface area contributed by atoms with E-state index in [0.717, 1.165) is 11.5 Å². The Labute approximate surface area is 97.6 Å². The van der Waals surface area contributed by atoms with Crippen molar-refractivity contribution in [2.75, 3.05) is 17.3 Å². The first-order valence-corrected chi connectivity index (χ1v) is 6.59. The highest BCUT2D eigenvalue weighted by molar-refractivity contribution is 8.07. The SMILES string of the molecule is C#CC(CC(=O)O)C1(C#N)CSCCS1. The second kappa shape index (κ2) is 5.34. The van der Waals surface area contributed by atoms with Gasteiger partial charge in [-0.15, -0.1) is 24.1 Å². The Hall–Kier alpha value is -0.780. The summed E-state index contributed by atoms with van der Waals surface area (Å²) < 4.78 is -0.712. The Bertz CT molecular complexity index is 323. The number of hydrogen-bond acceptors (Lipinski definition) is 4. The lowest BCUT2D eigenvalue weighted by atomic mass is 9.92. The van der Waals surface area contributed by atoms with Gasteiger partial charge in [0, 0.05) is 17.3 Å². The van der Waals surface area contributed by atoms with Crippen LogP contribution in [0.4, 0.5) is 0 Å². The third kappa shape index (κ3) is 2.84. The summed E-state index contributed by atoms with van der Waals surface area (Å²) in [5.74, 6) is 3.49. The number of nitriles is 1. The van der Waals surface area contributed by atoms with Gasteiger partial charge in [-0.1, -0.05) is 0 Å². The molecule has 15 heavy (non-hydrogen) atoms. The molecule has 0 amide bonds. The van der Waals surface area contributed by atoms with Crippen LogP contribution < -0.4 is 0 Å². The van der Waals surface area contributed by atoms with Gasteiger partial charge in [0.05, 0.1) is 18.4 Å². The molecule has 0 spiro atoms. The fraction of sp³-hybridized carbons (Fsp3) is 0.600. The largest absolute Gasteiger partial charge is 0.481 e. The van der Waals surface area contributed by atoms with E-state index in [-0.39, 0.29) is 6.42 Å². The fourth-order valence-corrected chi connectivity index (χ4v) is 4.31. The molecule has 1 aliphatic heterocycles. The fourth-order valence-electron chi connectivity index (χ4n) is 1.42. The summed E-state index contributed by atoms with van der Waals surface area (Å²) in [6, 6.07) is 2.21. The van der Waals surface area contributed by atoms with Crippen LogP contribution in [0.25, 0.3) is 0 Å². The molecule has 0 aromatic heterocycles. The molecule has 0 bridgehead atoms. The monoisotopic (exact) mass is 241 g/mol. The Balaban J connectivity index is 2.83. The van der Waals surface area contributed by atoms with Crippen molar-refractivity contribution in [3.63, 3.8) is 0 Å². The van der Waals surface area contributed by atoms with Crippen molar-refractivity contribution in [2.24, 2.45) is 5.92 Å². The summed E-state index contributed by atoms with van der Waals surface area (Å²) in [7, 11) is 0. The molecule has 2 unspecified atom stereocenters. The van der Waals surface area contributed by atoms with Crippen LogP contribution in [-0.4, -0.2) is 33.1 Å². The zero-order chi connectivity index (χ0) is 11.3. The Kier molecular flexibility index (Phi) is 4.38. The van der Waals surface area contributed by atoms with Crippen molar-refractivity contribution in [2.45, 2.75) is 11.2 Å². The van der Waals surface area contributed by atoms with Gasteiger partial charge in [-0.25, -0.2) is 0 Å². The molecule has 1 saturated heterocycles. The van der Waals surface area contributed by atoms with E-state index in [2.05, 4.69) is 12.0 Å². The Morgan fingerprint density at radius 3 is 2.80 bits per heavy atom. The molecule has 5 heteroatoms. The van der Waals surface area contributed by atoms with E-state index >= 15 is 0 Å². The molecule has 0 aromatic rings. The first-order valence-electron chi connectivity index (χ1n) is 4.45. The molecule has 2 atom stereocenters. The van der Waals surface area contributed by atoms with Gasteiger partial charge in [0.2, 0.25) is 0 Å². The minimum atomic E-state index is -0.941. The van der Waals surface area contributed by atoms with Crippen LogP contribution in [0, 0.1) is 29.6 Å². The van der Waals surface area contributed by atoms with E-state index in [1.54, 1.807) is 11.8 Å². The highest BCUT2D eigenvalue weighted by Gasteiger charge is 2.41. The highest BCUT2D eigenvalue weighted by Crippen LogP contribution is 2.41. The van der Waals surface area contributed by atoms with Crippen LogP contribution >= 0.6 is 23.5 Å². The molecule has 1 aliphatic rings. The maximum Gasteiger partial charge on any atom is 0.304 e. The normalized spacial score (nSPS) is 27.3. The van der Waals surface area contributed by atoms with Gasteiger partial charge in [-0.2, -0.15) is 17.0 Å². The van der Waals surface area contributed by atoms with E-state index in [1.165, 1.54) is 11.8 Å². The van der Waals surface area contributed by atoms with Gasteiger partial charge in [0.25, 0.3) is 0 Å². The molecule has 80 valence electrons. The van der Waals surface area contributed by atoms with Crippen LogP contribution in [0.15, 0.2) is 0 Å². The van der Waals surface area contributed by atoms with Crippen molar-refractivity contribution >= 4 is 29.5 Å². The number of nitrogens with zero attached hydrogens (tertiary/aromatic N) is 1. The summed E-state index contributed by atoms with van der Waals surface area (Å²) in [6.45, 7) is 0. The standard InChI is InChI=1S/C10H11NO2S2/c1-2-8(5-9(12)13)10(6-11)7-14-3-4-15-10/h1,8H,3-5,7H2,(H,12,13). The average molecular weight is 241 g/mol. The van der Waals surface area contributed by atoms with Gasteiger partial charge in [-0.05, 0) is 0 Å². The summed E-state index contributed by atoms with van der Waals surface area (Å²) in [5.41, 5.74) is 0. The number of carboxylic acids is 1. The number of carbonyl (C=O) groups is 1. The topological polar surface area (TPSA) is 61.1 Å². The van der Waals surface area contributed by atoms with Gasteiger partial charge in [-0.3, -0.25) is 4.79 Å². The number of terminal acetylenes is 1. The predicted octanol–water partition coefficient (Wildman–Crippen LogP) is 1.45.